The van der Waals surface area contributed by atoms with Crippen LogP contribution in [0.4, 0.5) is 5.82 Å². The molecule has 0 radical (unpaired) electrons. The predicted molar refractivity (Wildman–Crippen MR) is 67.3 cm³/mol. The first-order chi connectivity index (χ1) is 8.29. The van der Waals surface area contributed by atoms with E-state index in [1.807, 2.05) is 24.8 Å². The molecule has 0 fully saturated rings. The van der Waals surface area contributed by atoms with Gasteiger partial charge in [-0.15, -0.1) is 0 Å². The molecule has 0 saturated carbocycles. The first kappa shape index (κ1) is 10.6. The molecule has 0 spiro atoms. The molecule has 0 saturated heterocycles. The highest BCUT2D eigenvalue weighted by atomic mass is 32.2. The van der Waals surface area contributed by atoms with E-state index in [4.69, 9.17) is 10.3 Å². The molecule has 3 rings (SSSR count). The van der Waals surface area contributed by atoms with Crippen molar-refractivity contribution in [3.05, 3.63) is 29.3 Å². The Labute approximate surface area is 103 Å². The lowest BCUT2D eigenvalue weighted by molar-refractivity contribution is 0.535. The number of aryl methyl sites for hydroxylation is 1. The smallest absolute Gasteiger partial charge is 0.165 e. The van der Waals surface area contributed by atoms with Crippen LogP contribution in [0.2, 0.25) is 0 Å². The maximum absolute atomic E-state index is 5.51. The third-order valence-corrected chi connectivity index (χ3v) is 3.78. The van der Waals surface area contributed by atoms with Gasteiger partial charge in [-0.2, -0.15) is 11.8 Å². The van der Waals surface area contributed by atoms with Gasteiger partial charge < -0.3 is 9.84 Å². The molecule has 0 atom stereocenters. The number of thioether (sulfide) groups is 1. The minimum atomic E-state index is 0.672. The van der Waals surface area contributed by atoms with Crippen molar-refractivity contribution in [2.75, 3.05) is 5.43 Å². The molecule has 2 aromatic rings. The highest BCUT2D eigenvalue weighted by Crippen LogP contribution is 2.34. The van der Waals surface area contributed by atoms with Gasteiger partial charge in [-0.3, -0.25) is 0 Å². The molecular formula is C11H12N4OS. The number of nitrogens with one attached hydrogen (secondary N) is 1. The molecule has 1 aliphatic rings. The minimum Gasteiger partial charge on any atom is -0.469 e. The fourth-order valence-electron chi connectivity index (χ4n) is 1.91. The Morgan fingerprint density at radius 3 is 3.00 bits per heavy atom. The van der Waals surface area contributed by atoms with E-state index in [1.54, 1.807) is 6.26 Å². The molecule has 3 N–H and O–H groups in total. The Balaban J connectivity index is 2.16. The second-order valence-corrected chi connectivity index (χ2v) is 4.83. The number of fused-ring (bicyclic) bond motifs is 1. The fraction of sp³-hybridized carbons (Fsp3) is 0.273. The third kappa shape index (κ3) is 1.69. The Kier molecular flexibility index (Phi) is 2.53. The van der Waals surface area contributed by atoms with Crippen LogP contribution in [0.5, 0.6) is 0 Å². The van der Waals surface area contributed by atoms with Crippen molar-refractivity contribution in [1.82, 2.24) is 9.97 Å². The number of hydrazine groups is 1. The number of nitrogen functional groups attached to an aromatic ring is 1. The summed E-state index contributed by atoms with van der Waals surface area (Å²) in [5, 5.41) is 0. The van der Waals surface area contributed by atoms with Crippen molar-refractivity contribution in [3.8, 4) is 11.4 Å². The summed E-state index contributed by atoms with van der Waals surface area (Å²) in [5.41, 5.74) is 5.75. The topological polar surface area (TPSA) is 77.0 Å². The van der Waals surface area contributed by atoms with Crippen molar-refractivity contribution >= 4 is 17.6 Å². The molecule has 3 heterocycles. The monoisotopic (exact) mass is 248 g/mol. The molecule has 0 aromatic carbocycles. The van der Waals surface area contributed by atoms with E-state index in [2.05, 4.69) is 15.4 Å². The second kappa shape index (κ2) is 4.05. The summed E-state index contributed by atoms with van der Waals surface area (Å²) in [6, 6.07) is 1.87. The van der Waals surface area contributed by atoms with Gasteiger partial charge in [0.2, 0.25) is 0 Å². The van der Waals surface area contributed by atoms with E-state index in [0.29, 0.717) is 5.82 Å². The van der Waals surface area contributed by atoms with Gasteiger partial charge >= 0.3 is 0 Å². The van der Waals surface area contributed by atoms with E-state index in [0.717, 1.165) is 39.9 Å². The lowest BCUT2D eigenvalue weighted by atomic mass is 10.2. The van der Waals surface area contributed by atoms with E-state index in [9.17, 15) is 0 Å². The average Bonchev–Trinajstić information content (AvgIpc) is 2.95. The number of hydrogen-bond acceptors (Lipinski definition) is 6. The summed E-state index contributed by atoms with van der Waals surface area (Å²) in [6.45, 7) is 1.90. The zero-order valence-corrected chi connectivity index (χ0v) is 10.2. The summed E-state index contributed by atoms with van der Waals surface area (Å²) >= 11 is 1.82. The molecular weight excluding hydrogens is 236 g/mol. The quantitative estimate of drug-likeness (QED) is 0.626. The van der Waals surface area contributed by atoms with Crippen molar-refractivity contribution in [2.45, 2.75) is 18.4 Å². The Hall–Kier alpha value is -1.53. The molecule has 1 aliphatic heterocycles. The van der Waals surface area contributed by atoms with E-state index < -0.39 is 0 Å². The number of rotatable bonds is 2. The maximum Gasteiger partial charge on any atom is 0.165 e. The Bertz CT molecular complexity index is 567. The number of nitrogens with zero attached hydrogens (tertiary/aromatic N) is 2. The summed E-state index contributed by atoms with van der Waals surface area (Å²) in [4.78, 5) is 9.02. The molecule has 0 amide bonds. The molecule has 17 heavy (non-hydrogen) atoms. The van der Waals surface area contributed by atoms with Crippen LogP contribution in [0.1, 0.15) is 17.0 Å². The van der Waals surface area contributed by atoms with Crippen molar-refractivity contribution < 1.29 is 4.42 Å². The number of aromatic nitrogens is 2. The SMILES string of the molecule is Cc1occc1-c1nc2c(c(NN)n1)CSC2. The summed E-state index contributed by atoms with van der Waals surface area (Å²) in [5.74, 6) is 9.55. The van der Waals surface area contributed by atoms with Gasteiger partial charge in [-0.1, -0.05) is 0 Å². The van der Waals surface area contributed by atoms with Crippen molar-refractivity contribution in [3.63, 3.8) is 0 Å². The van der Waals surface area contributed by atoms with Gasteiger partial charge in [0.15, 0.2) is 5.82 Å². The lowest BCUT2D eigenvalue weighted by Gasteiger charge is -2.08. The fourth-order valence-corrected chi connectivity index (χ4v) is 2.95. The van der Waals surface area contributed by atoms with Crippen LogP contribution in [0.3, 0.4) is 0 Å². The van der Waals surface area contributed by atoms with Crippen LogP contribution in [0.25, 0.3) is 11.4 Å². The third-order valence-electron chi connectivity index (χ3n) is 2.81. The predicted octanol–water partition coefficient (Wildman–Crippen LogP) is 2.08. The highest BCUT2D eigenvalue weighted by molar-refractivity contribution is 7.98. The average molecular weight is 248 g/mol. The standard InChI is InChI=1S/C11H12N4OS/c1-6-7(2-3-16-6)10-13-9-5-17-4-8(9)11(14-10)15-12/h2-3H,4-5,12H2,1H3,(H,13,14,15). The van der Waals surface area contributed by atoms with Crippen LogP contribution in [0.15, 0.2) is 16.7 Å². The number of hydrogen-bond donors (Lipinski definition) is 2. The van der Waals surface area contributed by atoms with Crippen molar-refractivity contribution in [1.29, 1.82) is 0 Å². The van der Waals surface area contributed by atoms with Gasteiger partial charge in [0, 0.05) is 17.1 Å². The molecule has 0 aliphatic carbocycles. The molecule has 0 bridgehead atoms. The Morgan fingerprint density at radius 1 is 1.41 bits per heavy atom. The summed E-state index contributed by atoms with van der Waals surface area (Å²) in [6.07, 6.45) is 1.64. The van der Waals surface area contributed by atoms with E-state index in [-0.39, 0.29) is 0 Å². The van der Waals surface area contributed by atoms with E-state index in [1.165, 1.54) is 0 Å². The zero-order valence-electron chi connectivity index (χ0n) is 9.36. The molecule has 2 aromatic heterocycles. The Morgan fingerprint density at radius 2 is 2.29 bits per heavy atom. The van der Waals surface area contributed by atoms with Gasteiger partial charge in [-0.05, 0) is 13.0 Å². The highest BCUT2D eigenvalue weighted by Gasteiger charge is 2.20. The first-order valence-corrected chi connectivity index (χ1v) is 6.43. The van der Waals surface area contributed by atoms with Gasteiger partial charge in [0.1, 0.15) is 11.6 Å². The van der Waals surface area contributed by atoms with Crippen molar-refractivity contribution in [2.24, 2.45) is 5.84 Å². The molecule has 6 heteroatoms. The van der Waals surface area contributed by atoms with Crippen LogP contribution in [-0.2, 0) is 11.5 Å². The summed E-state index contributed by atoms with van der Waals surface area (Å²) < 4.78 is 5.27. The number of anilines is 1. The molecule has 5 nitrogen and oxygen atoms in total. The van der Waals surface area contributed by atoms with Gasteiger partial charge in [-0.25, -0.2) is 15.8 Å². The maximum atomic E-state index is 5.51. The number of furan rings is 1. The second-order valence-electron chi connectivity index (χ2n) is 3.85. The molecule has 0 unspecified atom stereocenters. The van der Waals surface area contributed by atoms with Crippen LogP contribution < -0.4 is 11.3 Å². The van der Waals surface area contributed by atoms with E-state index >= 15 is 0 Å². The first-order valence-electron chi connectivity index (χ1n) is 5.28. The normalized spacial score (nSPS) is 13.8. The summed E-state index contributed by atoms with van der Waals surface area (Å²) in [7, 11) is 0. The zero-order chi connectivity index (χ0) is 11.8. The largest absolute Gasteiger partial charge is 0.469 e. The minimum absolute atomic E-state index is 0.672. The van der Waals surface area contributed by atoms with Crippen LogP contribution >= 0.6 is 11.8 Å². The van der Waals surface area contributed by atoms with Gasteiger partial charge in [0.05, 0.1) is 17.5 Å². The van der Waals surface area contributed by atoms with Gasteiger partial charge in [0.25, 0.3) is 0 Å². The lowest BCUT2D eigenvalue weighted by Crippen LogP contribution is -2.12. The molecule has 88 valence electrons. The van der Waals surface area contributed by atoms with Crippen LogP contribution in [-0.4, -0.2) is 9.97 Å². The number of nitrogens with two attached hydrogens (primary N) is 1. The van der Waals surface area contributed by atoms with Crippen LogP contribution in [0, 0.1) is 6.92 Å².